The number of ether oxygens (including phenoxy) is 3. The van der Waals surface area contributed by atoms with Crippen LogP contribution in [-0.4, -0.2) is 27.2 Å². The molecule has 3 rings (SSSR count). The normalized spacial score (nSPS) is 11.0. The summed E-state index contributed by atoms with van der Waals surface area (Å²) < 4.78 is 16.3. The molecule has 0 heterocycles. The SMILES string of the molecule is COc1ccc(CCC(=O)NC(C)(c2ccccc2)c2ccccc2)c(OC)c1OC. The van der Waals surface area contributed by atoms with Gasteiger partial charge in [0, 0.05) is 6.42 Å². The van der Waals surface area contributed by atoms with Crippen molar-refractivity contribution in [3.05, 3.63) is 89.5 Å². The predicted molar refractivity (Wildman–Crippen MR) is 122 cm³/mol. The Balaban J connectivity index is 1.82. The highest BCUT2D eigenvalue weighted by Crippen LogP contribution is 2.40. The molecule has 0 aliphatic carbocycles. The van der Waals surface area contributed by atoms with Crippen molar-refractivity contribution in [2.45, 2.75) is 25.3 Å². The number of nitrogens with one attached hydrogen (secondary N) is 1. The van der Waals surface area contributed by atoms with Crippen molar-refractivity contribution in [3.8, 4) is 17.2 Å². The van der Waals surface area contributed by atoms with Crippen molar-refractivity contribution in [1.29, 1.82) is 0 Å². The molecule has 0 aromatic heterocycles. The number of benzene rings is 3. The molecule has 0 aliphatic rings. The maximum absolute atomic E-state index is 13.0. The molecule has 0 spiro atoms. The van der Waals surface area contributed by atoms with Crippen LogP contribution in [0.4, 0.5) is 0 Å². The van der Waals surface area contributed by atoms with Crippen molar-refractivity contribution < 1.29 is 19.0 Å². The van der Waals surface area contributed by atoms with Gasteiger partial charge in [-0.3, -0.25) is 4.79 Å². The fraction of sp³-hybridized carbons (Fsp3) is 0.269. The fourth-order valence-electron chi connectivity index (χ4n) is 3.80. The van der Waals surface area contributed by atoms with Gasteiger partial charge in [-0.25, -0.2) is 0 Å². The van der Waals surface area contributed by atoms with Crippen molar-refractivity contribution in [1.82, 2.24) is 5.32 Å². The Bertz CT molecular complexity index is 963. The van der Waals surface area contributed by atoms with Crippen LogP contribution in [-0.2, 0) is 16.8 Å². The number of hydrogen-bond acceptors (Lipinski definition) is 4. The summed E-state index contributed by atoms with van der Waals surface area (Å²) in [5.41, 5.74) is 2.30. The van der Waals surface area contributed by atoms with E-state index in [1.165, 1.54) is 0 Å². The molecular weight excluding hydrogens is 390 g/mol. The Morgan fingerprint density at radius 2 is 1.32 bits per heavy atom. The lowest BCUT2D eigenvalue weighted by Gasteiger charge is -2.32. The van der Waals surface area contributed by atoms with Gasteiger partial charge in [-0.05, 0) is 36.1 Å². The summed E-state index contributed by atoms with van der Waals surface area (Å²) >= 11 is 0. The molecule has 0 unspecified atom stereocenters. The van der Waals surface area contributed by atoms with E-state index in [0.717, 1.165) is 16.7 Å². The number of carbonyl (C=O) groups excluding carboxylic acids is 1. The standard InChI is InChI=1S/C26H29NO4/c1-26(20-11-7-5-8-12-20,21-13-9-6-10-14-21)27-23(28)18-16-19-15-17-22(29-2)25(31-4)24(19)30-3/h5-15,17H,16,18H2,1-4H3,(H,27,28). The summed E-state index contributed by atoms with van der Waals surface area (Å²) in [6, 6.07) is 23.7. The second-order valence-corrected chi connectivity index (χ2v) is 7.40. The summed E-state index contributed by atoms with van der Waals surface area (Å²) in [5.74, 6) is 1.66. The summed E-state index contributed by atoms with van der Waals surface area (Å²) in [7, 11) is 4.74. The molecule has 5 nitrogen and oxygen atoms in total. The van der Waals surface area contributed by atoms with Gasteiger partial charge in [0.05, 0.1) is 26.9 Å². The second-order valence-electron chi connectivity index (χ2n) is 7.40. The molecule has 1 N–H and O–H groups in total. The maximum atomic E-state index is 13.0. The van der Waals surface area contributed by atoms with E-state index in [2.05, 4.69) is 5.32 Å². The Kier molecular flexibility index (Phi) is 7.19. The predicted octanol–water partition coefficient (Wildman–Crippen LogP) is 4.72. The van der Waals surface area contributed by atoms with Gasteiger partial charge in [0.25, 0.3) is 0 Å². The molecule has 5 heteroatoms. The Morgan fingerprint density at radius 1 is 0.774 bits per heavy atom. The average molecular weight is 420 g/mol. The van der Waals surface area contributed by atoms with Crippen LogP contribution >= 0.6 is 0 Å². The minimum absolute atomic E-state index is 0.0490. The molecule has 0 atom stereocenters. The molecule has 0 radical (unpaired) electrons. The lowest BCUT2D eigenvalue weighted by molar-refractivity contribution is -0.122. The number of methoxy groups -OCH3 is 3. The van der Waals surface area contributed by atoms with E-state index in [-0.39, 0.29) is 5.91 Å². The van der Waals surface area contributed by atoms with Crippen LogP contribution in [0, 0.1) is 0 Å². The molecule has 0 saturated heterocycles. The zero-order chi connectivity index (χ0) is 22.3. The smallest absolute Gasteiger partial charge is 0.221 e. The van der Waals surface area contributed by atoms with Gasteiger partial charge >= 0.3 is 0 Å². The molecule has 31 heavy (non-hydrogen) atoms. The van der Waals surface area contributed by atoms with Crippen LogP contribution < -0.4 is 19.5 Å². The van der Waals surface area contributed by atoms with Gasteiger partial charge in [0.15, 0.2) is 11.5 Å². The molecule has 0 saturated carbocycles. The topological polar surface area (TPSA) is 56.8 Å². The monoisotopic (exact) mass is 419 g/mol. The highest BCUT2D eigenvalue weighted by Gasteiger charge is 2.30. The summed E-state index contributed by atoms with van der Waals surface area (Å²) in [4.78, 5) is 13.0. The first-order valence-corrected chi connectivity index (χ1v) is 10.2. The number of hydrogen-bond donors (Lipinski definition) is 1. The quantitative estimate of drug-likeness (QED) is 0.545. The molecule has 162 valence electrons. The molecular formula is C26H29NO4. The number of rotatable bonds is 9. The zero-order valence-corrected chi connectivity index (χ0v) is 18.5. The summed E-state index contributed by atoms with van der Waals surface area (Å²) in [6.45, 7) is 2.03. The van der Waals surface area contributed by atoms with E-state index in [1.54, 1.807) is 21.3 Å². The van der Waals surface area contributed by atoms with Gasteiger partial charge in [-0.2, -0.15) is 0 Å². The Labute approximate surface area is 184 Å². The lowest BCUT2D eigenvalue weighted by Crippen LogP contribution is -2.44. The molecule has 0 bridgehead atoms. The van der Waals surface area contributed by atoms with Crippen molar-refractivity contribution in [3.63, 3.8) is 0 Å². The largest absolute Gasteiger partial charge is 0.493 e. The van der Waals surface area contributed by atoms with Gasteiger partial charge in [-0.15, -0.1) is 0 Å². The first-order valence-electron chi connectivity index (χ1n) is 10.2. The third kappa shape index (κ3) is 4.82. The molecule has 3 aromatic carbocycles. The van der Waals surface area contributed by atoms with E-state index in [4.69, 9.17) is 14.2 Å². The van der Waals surface area contributed by atoms with Crippen molar-refractivity contribution in [2.24, 2.45) is 0 Å². The van der Waals surface area contributed by atoms with E-state index in [9.17, 15) is 4.79 Å². The van der Waals surface area contributed by atoms with E-state index < -0.39 is 5.54 Å². The molecule has 0 aliphatic heterocycles. The number of aryl methyl sites for hydroxylation is 1. The van der Waals surface area contributed by atoms with E-state index >= 15 is 0 Å². The highest BCUT2D eigenvalue weighted by molar-refractivity contribution is 5.78. The first-order chi connectivity index (χ1) is 15.0. The van der Waals surface area contributed by atoms with Crippen LogP contribution in [0.1, 0.15) is 30.0 Å². The van der Waals surface area contributed by atoms with Gasteiger partial charge in [-0.1, -0.05) is 66.7 Å². The van der Waals surface area contributed by atoms with Crippen LogP contribution in [0.5, 0.6) is 17.2 Å². The van der Waals surface area contributed by atoms with Crippen LogP contribution in [0.3, 0.4) is 0 Å². The van der Waals surface area contributed by atoms with E-state index in [0.29, 0.717) is 30.1 Å². The van der Waals surface area contributed by atoms with Crippen molar-refractivity contribution >= 4 is 5.91 Å². The van der Waals surface area contributed by atoms with Crippen molar-refractivity contribution in [2.75, 3.05) is 21.3 Å². The number of amides is 1. The third-order valence-corrected chi connectivity index (χ3v) is 5.50. The summed E-state index contributed by atoms with van der Waals surface area (Å²) in [5, 5.41) is 3.25. The first kappa shape index (κ1) is 22.2. The Hall–Kier alpha value is -3.47. The highest BCUT2D eigenvalue weighted by atomic mass is 16.5. The number of carbonyl (C=O) groups is 1. The minimum atomic E-state index is -0.638. The fourth-order valence-corrected chi connectivity index (χ4v) is 3.80. The van der Waals surface area contributed by atoms with Gasteiger partial charge in [0.1, 0.15) is 0 Å². The second kappa shape index (κ2) is 10.0. The molecule has 1 amide bonds. The van der Waals surface area contributed by atoms with Gasteiger partial charge < -0.3 is 19.5 Å². The maximum Gasteiger partial charge on any atom is 0.221 e. The lowest BCUT2D eigenvalue weighted by atomic mass is 9.84. The zero-order valence-electron chi connectivity index (χ0n) is 18.5. The summed E-state index contributed by atoms with van der Waals surface area (Å²) in [6.07, 6.45) is 0.816. The molecule has 0 fully saturated rings. The van der Waals surface area contributed by atoms with Gasteiger partial charge in [0.2, 0.25) is 11.7 Å². The molecule has 3 aromatic rings. The third-order valence-electron chi connectivity index (χ3n) is 5.50. The van der Waals surface area contributed by atoms with E-state index in [1.807, 2.05) is 79.7 Å². The average Bonchev–Trinajstić information content (AvgIpc) is 2.82. The Morgan fingerprint density at radius 3 is 1.81 bits per heavy atom. The van der Waals surface area contributed by atoms with Crippen LogP contribution in [0.15, 0.2) is 72.8 Å². The van der Waals surface area contributed by atoms with Crippen LogP contribution in [0.25, 0.3) is 0 Å². The van der Waals surface area contributed by atoms with Crippen LogP contribution in [0.2, 0.25) is 0 Å². The minimum Gasteiger partial charge on any atom is -0.493 e.